The van der Waals surface area contributed by atoms with Crippen molar-refractivity contribution in [2.24, 2.45) is 0 Å². The number of thioether (sulfide) groups is 1. The molecule has 0 radical (unpaired) electrons. The maximum Gasteiger partial charge on any atom is 0.316 e. The fraction of sp³-hybridized carbons (Fsp3) is 0.385. The van der Waals surface area contributed by atoms with E-state index in [0.717, 1.165) is 17.3 Å². The summed E-state index contributed by atoms with van der Waals surface area (Å²) < 4.78 is 0. The summed E-state index contributed by atoms with van der Waals surface area (Å²) in [7, 11) is 0. The number of halogens is 1. The molecular formula is C13H16ClNO3S. The van der Waals surface area contributed by atoms with Gasteiger partial charge in [-0.05, 0) is 31.0 Å². The van der Waals surface area contributed by atoms with Crippen LogP contribution in [0.4, 0.5) is 5.69 Å². The van der Waals surface area contributed by atoms with Crippen molar-refractivity contribution in [3.05, 3.63) is 28.8 Å². The first-order valence-electron chi connectivity index (χ1n) is 5.84. The van der Waals surface area contributed by atoms with Gasteiger partial charge in [0.25, 0.3) is 0 Å². The minimum absolute atomic E-state index is 0.0923. The van der Waals surface area contributed by atoms with E-state index < -0.39 is 11.2 Å². The van der Waals surface area contributed by atoms with E-state index in [1.807, 2.05) is 13.0 Å². The van der Waals surface area contributed by atoms with Crippen molar-refractivity contribution >= 4 is 40.9 Å². The Bertz CT molecular complexity index is 479. The minimum atomic E-state index is -0.895. The van der Waals surface area contributed by atoms with Gasteiger partial charge in [-0.3, -0.25) is 9.59 Å². The Morgan fingerprint density at radius 2 is 2.16 bits per heavy atom. The highest BCUT2D eigenvalue weighted by molar-refractivity contribution is 8.01. The molecule has 0 bridgehead atoms. The number of aryl methyl sites for hydroxylation is 1. The van der Waals surface area contributed by atoms with Gasteiger partial charge in [0, 0.05) is 0 Å². The van der Waals surface area contributed by atoms with Gasteiger partial charge in [-0.2, -0.15) is 0 Å². The van der Waals surface area contributed by atoms with Crippen LogP contribution in [0.5, 0.6) is 0 Å². The number of hydrogen-bond acceptors (Lipinski definition) is 3. The molecule has 1 aromatic carbocycles. The fourth-order valence-electron chi connectivity index (χ4n) is 1.45. The zero-order chi connectivity index (χ0) is 14.4. The molecule has 1 unspecified atom stereocenters. The van der Waals surface area contributed by atoms with Gasteiger partial charge in [-0.25, -0.2) is 0 Å². The number of nitrogens with one attached hydrogen (secondary N) is 1. The van der Waals surface area contributed by atoms with Crippen LogP contribution in [0.15, 0.2) is 18.2 Å². The fourth-order valence-corrected chi connectivity index (χ4v) is 2.53. The van der Waals surface area contributed by atoms with Crippen LogP contribution in [-0.4, -0.2) is 28.0 Å². The molecule has 1 aromatic rings. The maximum atomic E-state index is 11.7. The van der Waals surface area contributed by atoms with Gasteiger partial charge in [-0.1, -0.05) is 24.6 Å². The van der Waals surface area contributed by atoms with Crippen molar-refractivity contribution in [3.63, 3.8) is 0 Å². The van der Waals surface area contributed by atoms with Gasteiger partial charge in [0.15, 0.2) is 0 Å². The monoisotopic (exact) mass is 301 g/mol. The van der Waals surface area contributed by atoms with E-state index in [4.69, 9.17) is 16.7 Å². The molecule has 1 rings (SSSR count). The van der Waals surface area contributed by atoms with Crippen molar-refractivity contribution in [2.45, 2.75) is 25.5 Å². The van der Waals surface area contributed by atoms with Crippen LogP contribution >= 0.6 is 23.4 Å². The topological polar surface area (TPSA) is 66.4 Å². The summed E-state index contributed by atoms with van der Waals surface area (Å²) in [5.41, 5.74) is 1.55. The van der Waals surface area contributed by atoms with Crippen molar-refractivity contribution in [2.75, 3.05) is 11.1 Å². The number of carbonyl (C=O) groups is 2. The van der Waals surface area contributed by atoms with E-state index in [0.29, 0.717) is 17.1 Å². The van der Waals surface area contributed by atoms with E-state index in [1.54, 1.807) is 19.1 Å². The summed E-state index contributed by atoms with van der Waals surface area (Å²) in [6.45, 7) is 3.69. The zero-order valence-electron chi connectivity index (χ0n) is 10.8. The van der Waals surface area contributed by atoms with Crippen molar-refractivity contribution in [1.29, 1.82) is 0 Å². The van der Waals surface area contributed by atoms with Crippen LogP contribution in [0.3, 0.4) is 0 Å². The van der Waals surface area contributed by atoms with Gasteiger partial charge in [-0.15, -0.1) is 11.8 Å². The predicted octanol–water partition coefficient (Wildman–Crippen LogP) is 3.18. The van der Waals surface area contributed by atoms with Crippen molar-refractivity contribution in [3.8, 4) is 0 Å². The molecule has 4 nitrogen and oxygen atoms in total. The maximum absolute atomic E-state index is 11.7. The van der Waals surface area contributed by atoms with Crippen molar-refractivity contribution in [1.82, 2.24) is 0 Å². The Morgan fingerprint density at radius 1 is 1.47 bits per heavy atom. The molecule has 0 saturated carbocycles. The van der Waals surface area contributed by atoms with Gasteiger partial charge in [0.05, 0.1) is 16.5 Å². The van der Waals surface area contributed by atoms with E-state index in [2.05, 4.69) is 5.32 Å². The number of aliphatic carboxylic acids is 1. The molecule has 2 N–H and O–H groups in total. The molecule has 0 aliphatic carbocycles. The Balaban J connectivity index is 2.53. The van der Waals surface area contributed by atoms with E-state index >= 15 is 0 Å². The Hall–Kier alpha value is -1.20. The molecule has 104 valence electrons. The molecule has 6 heteroatoms. The zero-order valence-corrected chi connectivity index (χ0v) is 12.3. The third-order valence-corrected chi connectivity index (χ3v) is 4.14. The lowest BCUT2D eigenvalue weighted by atomic mass is 10.2. The summed E-state index contributed by atoms with van der Waals surface area (Å²) in [5, 5.41) is 11.5. The molecule has 19 heavy (non-hydrogen) atoms. The lowest BCUT2D eigenvalue weighted by molar-refractivity contribution is -0.136. The number of carbonyl (C=O) groups excluding carboxylic acids is 1. The third-order valence-electron chi connectivity index (χ3n) is 2.46. The second-order valence-electron chi connectivity index (χ2n) is 4.08. The third kappa shape index (κ3) is 5.12. The lowest BCUT2D eigenvalue weighted by Gasteiger charge is -2.10. The molecule has 0 aliphatic rings. The molecule has 0 aromatic heterocycles. The van der Waals surface area contributed by atoms with Gasteiger partial charge < -0.3 is 10.4 Å². The highest BCUT2D eigenvalue weighted by Crippen LogP contribution is 2.23. The molecular weight excluding hydrogens is 286 g/mol. The molecule has 1 atom stereocenters. The molecule has 1 amide bonds. The number of carboxylic acids is 1. The predicted molar refractivity (Wildman–Crippen MR) is 79.0 cm³/mol. The summed E-state index contributed by atoms with van der Waals surface area (Å²) in [4.78, 5) is 22.5. The van der Waals surface area contributed by atoms with Gasteiger partial charge in [0.1, 0.15) is 5.25 Å². The number of anilines is 1. The normalized spacial score (nSPS) is 11.9. The van der Waals surface area contributed by atoms with Crippen LogP contribution in [0, 0.1) is 6.92 Å². The van der Waals surface area contributed by atoms with Crippen LogP contribution in [-0.2, 0) is 9.59 Å². The molecule has 0 aliphatic heterocycles. The molecule has 0 heterocycles. The Labute approximate surface area is 121 Å². The second kappa shape index (κ2) is 7.40. The minimum Gasteiger partial charge on any atom is -0.480 e. The first kappa shape index (κ1) is 15.9. The van der Waals surface area contributed by atoms with Crippen LogP contribution in [0.2, 0.25) is 5.02 Å². The average Bonchev–Trinajstić information content (AvgIpc) is 2.33. The summed E-state index contributed by atoms with van der Waals surface area (Å²) in [5.74, 6) is -1.06. The second-order valence-corrected chi connectivity index (χ2v) is 5.68. The molecule has 0 spiro atoms. The molecule has 0 fully saturated rings. The quantitative estimate of drug-likeness (QED) is 0.847. The summed E-state index contributed by atoms with van der Waals surface area (Å²) in [6, 6.07) is 5.34. The van der Waals surface area contributed by atoms with Crippen LogP contribution in [0.25, 0.3) is 0 Å². The Kier molecular flexibility index (Phi) is 6.18. The largest absolute Gasteiger partial charge is 0.480 e. The number of benzene rings is 1. The first-order chi connectivity index (χ1) is 8.93. The highest BCUT2D eigenvalue weighted by Gasteiger charge is 2.17. The summed E-state index contributed by atoms with van der Waals surface area (Å²) >= 11 is 7.11. The van der Waals surface area contributed by atoms with Crippen molar-refractivity contribution < 1.29 is 14.7 Å². The van der Waals surface area contributed by atoms with Crippen LogP contribution < -0.4 is 5.32 Å². The van der Waals surface area contributed by atoms with E-state index in [1.165, 1.54) is 0 Å². The molecule has 0 saturated heterocycles. The lowest BCUT2D eigenvalue weighted by Crippen LogP contribution is -2.21. The average molecular weight is 302 g/mol. The van der Waals surface area contributed by atoms with Gasteiger partial charge in [0.2, 0.25) is 5.91 Å². The van der Waals surface area contributed by atoms with E-state index in [9.17, 15) is 9.59 Å². The van der Waals surface area contributed by atoms with Gasteiger partial charge >= 0.3 is 5.97 Å². The SMILES string of the molecule is CCC(SCC(=O)Nc1ccc(C)cc1Cl)C(=O)O. The standard InChI is InChI=1S/C13H16ClNO3S/c1-3-11(13(17)18)19-7-12(16)15-10-5-4-8(2)6-9(10)14/h4-6,11H,3,7H2,1-2H3,(H,15,16)(H,17,18). The highest BCUT2D eigenvalue weighted by atomic mass is 35.5. The number of hydrogen-bond donors (Lipinski definition) is 2. The smallest absolute Gasteiger partial charge is 0.316 e. The number of carboxylic acid groups (broad SMARTS) is 1. The van der Waals surface area contributed by atoms with E-state index in [-0.39, 0.29) is 11.7 Å². The number of rotatable bonds is 6. The summed E-state index contributed by atoms with van der Waals surface area (Å²) in [6.07, 6.45) is 0.485. The Morgan fingerprint density at radius 3 is 2.68 bits per heavy atom. The van der Waals surface area contributed by atoms with Crippen LogP contribution in [0.1, 0.15) is 18.9 Å². The number of amides is 1. The first-order valence-corrected chi connectivity index (χ1v) is 7.27.